The zero-order chi connectivity index (χ0) is 15.5. The first kappa shape index (κ1) is 17.2. The molecule has 3 nitrogen and oxygen atoms in total. The summed E-state index contributed by atoms with van der Waals surface area (Å²) >= 11 is 0. The minimum atomic E-state index is -0.307. The molecule has 0 aromatic heterocycles. The fraction of sp³-hybridized carbons (Fsp3) is 1.00. The second-order valence-electron chi connectivity index (χ2n) is 8.31. The Bertz CT molecular complexity index is 312. The first-order chi connectivity index (χ1) is 9.89. The van der Waals surface area contributed by atoms with E-state index in [1.165, 1.54) is 45.2 Å². The molecule has 2 aliphatic rings. The standard InChI is InChI=1S/C18H36NO2/c1-14(2)17-8-7-15(3)11-18(17)21-13-16(20)12-19(4)9-5-6-10-19/h14-18,20H,5-13H2,1-4H3/q+1/t15-,16+,17-,18+/m1/s1. The molecule has 0 amide bonds. The Kier molecular flexibility index (Phi) is 6.10. The average molecular weight is 298 g/mol. The zero-order valence-electron chi connectivity index (χ0n) is 14.6. The van der Waals surface area contributed by atoms with E-state index in [0.29, 0.717) is 24.5 Å². The van der Waals surface area contributed by atoms with Crippen molar-refractivity contribution >= 4 is 0 Å². The van der Waals surface area contributed by atoms with Crippen LogP contribution in [0.25, 0.3) is 0 Å². The van der Waals surface area contributed by atoms with Gasteiger partial charge >= 0.3 is 0 Å². The molecule has 0 radical (unpaired) electrons. The van der Waals surface area contributed by atoms with Gasteiger partial charge in [0.15, 0.2) is 0 Å². The summed E-state index contributed by atoms with van der Waals surface area (Å²) in [5.74, 6) is 2.12. The smallest absolute Gasteiger partial charge is 0.126 e. The van der Waals surface area contributed by atoms with Gasteiger partial charge in [-0.1, -0.05) is 27.2 Å². The number of likely N-dealkylation sites (tertiary alicyclic amines) is 1. The van der Waals surface area contributed by atoms with Crippen LogP contribution in [-0.4, -0.2) is 55.1 Å². The highest BCUT2D eigenvalue weighted by Gasteiger charge is 2.33. The summed E-state index contributed by atoms with van der Waals surface area (Å²) in [6.07, 6.45) is 6.44. The van der Waals surface area contributed by atoms with Crippen molar-refractivity contribution in [1.29, 1.82) is 0 Å². The molecule has 4 atom stereocenters. The van der Waals surface area contributed by atoms with Crippen molar-refractivity contribution in [2.75, 3.05) is 33.3 Å². The second-order valence-corrected chi connectivity index (χ2v) is 8.31. The molecule has 1 heterocycles. The van der Waals surface area contributed by atoms with Crippen molar-refractivity contribution in [1.82, 2.24) is 0 Å². The van der Waals surface area contributed by atoms with E-state index in [1.807, 2.05) is 0 Å². The molecule has 1 aliphatic carbocycles. The van der Waals surface area contributed by atoms with E-state index in [1.54, 1.807) is 0 Å². The van der Waals surface area contributed by atoms with Gasteiger partial charge in [0.2, 0.25) is 0 Å². The van der Waals surface area contributed by atoms with Crippen molar-refractivity contribution in [2.24, 2.45) is 17.8 Å². The third-order valence-corrected chi connectivity index (χ3v) is 5.76. The topological polar surface area (TPSA) is 29.5 Å². The van der Waals surface area contributed by atoms with Gasteiger partial charge in [0.1, 0.15) is 12.6 Å². The van der Waals surface area contributed by atoms with Crippen LogP contribution in [0.1, 0.15) is 52.9 Å². The quantitative estimate of drug-likeness (QED) is 0.764. The normalized spacial score (nSPS) is 34.3. The molecule has 124 valence electrons. The predicted octanol–water partition coefficient (Wildman–Crippen LogP) is 3.07. The number of quaternary nitrogens is 1. The van der Waals surface area contributed by atoms with Gasteiger partial charge < -0.3 is 14.3 Å². The van der Waals surface area contributed by atoms with Crippen LogP contribution in [0.15, 0.2) is 0 Å². The predicted molar refractivity (Wildman–Crippen MR) is 87.1 cm³/mol. The van der Waals surface area contributed by atoms with Gasteiger partial charge in [-0.15, -0.1) is 0 Å². The summed E-state index contributed by atoms with van der Waals surface area (Å²) in [6.45, 7) is 10.8. The molecule has 0 aromatic rings. The fourth-order valence-corrected chi connectivity index (χ4v) is 4.38. The van der Waals surface area contributed by atoms with E-state index >= 15 is 0 Å². The van der Waals surface area contributed by atoms with Crippen molar-refractivity contribution in [2.45, 2.75) is 65.1 Å². The fourth-order valence-electron chi connectivity index (χ4n) is 4.38. The number of likely N-dealkylation sites (N-methyl/N-ethyl adjacent to an activating group) is 1. The third kappa shape index (κ3) is 4.94. The van der Waals surface area contributed by atoms with Crippen molar-refractivity contribution in [3.05, 3.63) is 0 Å². The SMILES string of the molecule is CC(C)[C@H]1CC[C@@H](C)C[C@@H]1OC[C@@H](O)C[N+]1(C)CCCC1. The van der Waals surface area contributed by atoms with E-state index in [2.05, 4.69) is 27.8 Å². The molecule has 0 aromatic carbocycles. The molecule has 2 fully saturated rings. The van der Waals surface area contributed by atoms with E-state index in [0.717, 1.165) is 16.9 Å². The molecule has 3 heteroatoms. The van der Waals surface area contributed by atoms with Crippen LogP contribution < -0.4 is 0 Å². The summed E-state index contributed by atoms with van der Waals surface area (Å²) in [4.78, 5) is 0. The molecule has 2 rings (SSSR count). The number of aliphatic hydroxyl groups is 1. The zero-order valence-corrected chi connectivity index (χ0v) is 14.6. The van der Waals surface area contributed by atoms with Crippen molar-refractivity contribution < 1.29 is 14.3 Å². The number of nitrogens with zero attached hydrogens (tertiary/aromatic N) is 1. The van der Waals surface area contributed by atoms with E-state index in [-0.39, 0.29) is 6.10 Å². The van der Waals surface area contributed by atoms with Gasteiger partial charge in [-0.2, -0.15) is 0 Å². The van der Waals surface area contributed by atoms with Crippen LogP contribution in [-0.2, 0) is 4.74 Å². The first-order valence-electron chi connectivity index (χ1n) is 9.03. The number of rotatable bonds is 6. The maximum Gasteiger partial charge on any atom is 0.126 e. The lowest BCUT2D eigenvalue weighted by Crippen LogP contribution is -2.48. The van der Waals surface area contributed by atoms with E-state index < -0.39 is 0 Å². The maximum absolute atomic E-state index is 10.4. The van der Waals surface area contributed by atoms with E-state index in [9.17, 15) is 5.11 Å². The summed E-state index contributed by atoms with van der Waals surface area (Å²) in [6, 6.07) is 0. The highest BCUT2D eigenvalue weighted by atomic mass is 16.5. The summed E-state index contributed by atoms with van der Waals surface area (Å²) < 4.78 is 7.21. The molecular weight excluding hydrogens is 262 g/mol. The Balaban J connectivity index is 1.79. The molecule has 1 N–H and O–H groups in total. The minimum Gasteiger partial charge on any atom is -0.385 e. The number of hydrogen-bond donors (Lipinski definition) is 1. The van der Waals surface area contributed by atoms with Gasteiger partial charge in [-0.05, 0) is 30.6 Å². The minimum absolute atomic E-state index is 0.307. The van der Waals surface area contributed by atoms with E-state index in [4.69, 9.17) is 4.74 Å². The lowest BCUT2D eigenvalue weighted by molar-refractivity contribution is -0.900. The Morgan fingerprint density at radius 3 is 2.48 bits per heavy atom. The first-order valence-corrected chi connectivity index (χ1v) is 9.03. The van der Waals surface area contributed by atoms with Crippen molar-refractivity contribution in [3.63, 3.8) is 0 Å². The van der Waals surface area contributed by atoms with Crippen LogP contribution in [0.5, 0.6) is 0 Å². The van der Waals surface area contributed by atoms with Crippen LogP contribution >= 0.6 is 0 Å². The third-order valence-electron chi connectivity index (χ3n) is 5.76. The molecule has 0 unspecified atom stereocenters. The lowest BCUT2D eigenvalue weighted by Gasteiger charge is -2.38. The highest BCUT2D eigenvalue weighted by Crippen LogP contribution is 2.35. The van der Waals surface area contributed by atoms with Gasteiger partial charge in [0.25, 0.3) is 0 Å². The van der Waals surface area contributed by atoms with Gasteiger partial charge in [-0.3, -0.25) is 0 Å². The molecule has 21 heavy (non-hydrogen) atoms. The molecular formula is C18H36NO2+. The molecule has 1 saturated carbocycles. The lowest BCUT2D eigenvalue weighted by atomic mass is 9.75. The number of hydrogen-bond acceptors (Lipinski definition) is 2. The maximum atomic E-state index is 10.4. The highest BCUT2D eigenvalue weighted by molar-refractivity contribution is 4.81. The number of aliphatic hydroxyl groups excluding tert-OH is 1. The molecule has 0 bridgehead atoms. The van der Waals surface area contributed by atoms with Crippen LogP contribution in [0.2, 0.25) is 0 Å². The second kappa shape index (κ2) is 7.43. The Morgan fingerprint density at radius 1 is 1.19 bits per heavy atom. The summed E-state index contributed by atoms with van der Waals surface area (Å²) in [5, 5.41) is 10.4. The Labute approximate surface area is 131 Å². The molecule has 0 spiro atoms. The Hall–Kier alpha value is -0.120. The molecule has 1 saturated heterocycles. The van der Waals surface area contributed by atoms with Gasteiger partial charge in [-0.25, -0.2) is 0 Å². The van der Waals surface area contributed by atoms with Crippen LogP contribution in [0, 0.1) is 17.8 Å². The number of ether oxygens (including phenoxy) is 1. The van der Waals surface area contributed by atoms with Gasteiger partial charge in [0.05, 0.1) is 32.8 Å². The Morgan fingerprint density at radius 2 is 1.86 bits per heavy atom. The van der Waals surface area contributed by atoms with Crippen molar-refractivity contribution in [3.8, 4) is 0 Å². The monoisotopic (exact) mass is 298 g/mol. The average Bonchev–Trinajstić information content (AvgIpc) is 2.82. The molecule has 1 aliphatic heterocycles. The summed E-state index contributed by atoms with van der Waals surface area (Å²) in [7, 11) is 2.27. The van der Waals surface area contributed by atoms with Gasteiger partial charge in [0, 0.05) is 12.8 Å². The van der Waals surface area contributed by atoms with Crippen LogP contribution in [0.4, 0.5) is 0 Å². The van der Waals surface area contributed by atoms with Crippen LogP contribution in [0.3, 0.4) is 0 Å². The largest absolute Gasteiger partial charge is 0.385 e. The summed E-state index contributed by atoms with van der Waals surface area (Å²) in [5.41, 5.74) is 0.